The number of hydrogen-bond acceptors (Lipinski definition) is 7. The quantitative estimate of drug-likeness (QED) is 0.186. The maximum atomic E-state index is 13.5. The normalized spacial score (nSPS) is 11.3. The zero-order valence-electron chi connectivity index (χ0n) is 22.0. The molecule has 0 saturated heterocycles. The van der Waals surface area contributed by atoms with E-state index < -0.39 is 22.5 Å². The lowest BCUT2D eigenvalue weighted by molar-refractivity contribution is -0.123. The molecule has 1 aromatic heterocycles. The summed E-state index contributed by atoms with van der Waals surface area (Å²) in [5.74, 6) is 0.156. The molecule has 41 heavy (non-hydrogen) atoms. The third-order valence-corrected chi connectivity index (χ3v) is 7.76. The standard InChI is InChI=1S/C29H27ClN4O6S/c1-21-9-12-23(30)16-27(21)34(41(37,38)26-7-3-2-4-8-26)19-28(35)33-32-17-22-10-13-24(14-11-22)40-20-29(36)31-18-25-6-5-15-39-25/h2-17H,18-20H2,1H3,(H,31,36)(H,33,35)/b32-17-. The molecule has 12 heteroatoms. The topological polar surface area (TPSA) is 130 Å². The van der Waals surface area contributed by atoms with Crippen molar-refractivity contribution in [1.82, 2.24) is 10.7 Å². The van der Waals surface area contributed by atoms with Crippen LogP contribution in [0.3, 0.4) is 0 Å². The molecule has 10 nitrogen and oxygen atoms in total. The van der Waals surface area contributed by atoms with Gasteiger partial charge in [-0.2, -0.15) is 5.10 Å². The van der Waals surface area contributed by atoms with Gasteiger partial charge >= 0.3 is 0 Å². The monoisotopic (exact) mass is 594 g/mol. The Labute approximate surface area is 242 Å². The van der Waals surface area contributed by atoms with Crippen LogP contribution >= 0.6 is 11.6 Å². The van der Waals surface area contributed by atoms with Crippen molar-refractivity contribution >= 4 is 45.3 Å². The Kier molecular flexibility index (Phi) is 9.77. The van der Waals surface area contributed by atoms with Crippen LogP contribution in [0.15, 0.2) is 106 Å². The minimum absolute atomic E-state index is 0.0352. The second kappa shape index (κ2) is 13.6. The molecule has 0 aliphatic rings. The number of halogens is 1. The van der Waals surface area contributed by atoms with Crippen LogP contribution < -0.4 is 19.8 Å². The van der Waals surface area contributed by atoms with Crippen molar-refractivity contribution < 1.29 is 27.2 Å². The van der Waals surface area contributed by atoms with Crippen molar-refractivity contribution in [3.8, 4) is 5.75 Å². The Morgan fingerprint density at radius 2 is 1.76 bits per heavy atom. The molecule has 0 spiro atoms. The molecule has 0 bridgehead atoms. The van der Waals surface area contributed by atoms with Crippen LogP contribution in [0.4, 0.5) is 5.69 Å². The Morgan fingerprint density at radius 3 is 2.46 bits per heavy atom. The number of aryl methyl sites for hydroxylation is 1. The van der Waals surface area contributed by atoms with Gasteiger partial charge < -0.3 is 14.5 Å². The van der Waals surface area contributed by atoms with Crippen LogP contribution in [-0.4, -0.2) is 39.6 Å². The minimum Gasteiger partial charge on any atom is -0.484 e. The van der Waals surface area contributed by atoms with Gasteiger partial charge in [-0.05, 0) is 78.7 Å². The van der Waals surface area contributed by atoms with Gasteiger partial charge in [0.25, 0.3) is 21.8 Å². The highest BCUT2D eigenvalue weighted by atomic mass is 35.5. The number of ether oxygens (including phenoxy) is 1. The van der Waals surface area contributed by atoms with Gasteiger partial charge in [0, 0.05) is 5.02 Å². The number of hydrogen-bond donors (Lipinski definition) is 2. The van der Waals surface area contributed by atoms with E-state index in [1.807, 2.05) is 0 Å². The van der Waals surface area contributed by atoms with Crippen LogP contribution in [0.2, 0.25) is 5.02 Å². The molecule has 0 aliphatic heterocycles. The lowest BCUT2D eigenvalue weighted by Crippen LogP contribution is -2.40. The van der Waals surface area contributed by atoms with Crippen molar-refractivity contribution in [2.24, 2.45) is 5.10 Å². The Morgan fingerprint density at radius 1 is 1.00 bits per heavy atom. The summed E-state index contributed by atoms with van der Waals surface area (Å²) in [5.41, 5.74) is 3.92. The number of furan rings is 1. The number of amides is 2. The molecule has 3 aromatic carbocycles. The fourth-order valence-corrected chi connectivity index (χ4v) is 5.33. The van der Waals surface area contributed by atoms with Crippen molar-refractivity contribution in [2.75, 3.05) is 17.5 Å². The number of hydrazone groups is 1. The van der Waals surface area contributed by atoms with Crippen LogP contribution in [0.1, 0.15) is 16.9 Å². The number of benzene rings is 3. The van der Waals surface area contributed by atoms with Gasteiger partial charge in [-0.15, -0.1) is 0 Å². The summed E-state index contributed by atoms with van der Waals surface area (Å²) in [6.45, 7) is 1.31. The first kappa shape index (κ1) is 29.4. The van der Waals surface area contributed by atoms with Gasteiger partial charge in [-0.3, -0.25) is 13.9 Å². The number of sulfonamides is 1. The van der Waals surface area contributed by atoms with E-state index in [2.05, 4.69) is 15.8 Å². The highest BCUT2D eigenvalue weighted by Gasteiger charge is 2.28. The molecule has 2 amide bonds. The predicted octanol–water partition coefficient (Wildman–Crippen LogP) is 4.28. The van der Waals surface area contributed by atoms with Crippen LogP contribution in [0, 0.1) is 6.92 Å². The molecule has 0 atom stereocenters. The third kappa shape index (κ3) is 8.19. The molecule has 4 aromatic rings. The summed E-state index contributed by atoms with van der Waals surface area (Å²) in [5, 5.41) is 6.97. The number of carbonyl (C=O) groups excluding carboxylic acids is 2. The summed E-state index contributed by atoms with van der Waals surface area (Å²) in [4.78, 5) is 24.8. The van der Waals surface area contributed by atoms with Crippen molar-refractivity contribution in [1.29, 1.82) is 0 Å². The Bertz CT molecular complexity index is 1610. The first-order valence-electron chi connectivity index (χ1n) is 12.4. The van der Waals surface area contributed by atoms with E-state index in [0.717, 1.165) is 4.31 Å². The Hall–Kier alpha value is -4.61. The first-order chi connectivity index (χ1) is 19.7. The third-order valence-electron chi connectivity index (χ3n) is 5.75. The van der Waals surface area contributed by atoms with E-state index in [1.54, 1.807) is 73.7 Å². The van der Waals surface area contributed by atoms with E-state index in [-0.39, 0.29) is 29.6 Å². The van der Waals surface area contributed by atoms with E-state index in [4.69, 9.17) is 20.8 Å². The molecule has 0 fully saturated rings. The van der Waals surface area contributed by atoms with Gasteiger partial charge in [0.2, 0.25) is 0 Å². The minimum atomic E-state index is -4.08. The summed E-state index contributed by atoms with van der Waals surface area (Å²) >= 11 is 6.15. The average molecular weight is 595 g/mol. The SMILES string of the molecule is Cc1ccc(Cl)cc1N(CC(=O)N/N=C\c1ccc(OCC(=O)NCc2ccco2)cc1)S(=O)(=O)c1ccccc1. The Balaban J connectivity index is 1.35. The van der Waals surface area contributed by atoms with Crippen LogP contribution in [0.5, 0.6) is 5.75 Å². The molecule has 0 unspecified atom stereocenters. The number of carbonyl (C=O) groups is 2. The second-order valence-corrected chi connectivity index (χ2v) is 11.1. The number of nitrogens with one attached hydrogen (secondary N) is 2. The van der Waals surface area contributed by atoms with E-state index in [0.29, 0.717) is 27.7 Å². The summed E-state index contributed by atoms with van der Waals surface area (Å²) in [6.07, 6.45) is 2.93. The molecule has 1 heterocycles. The number of anilines is 1. The van der Waals surface area contributed by atoms with E-state index >= 15 is 0 Å². The summed E-state index contributed by atoms with van der Waals surface area (Å²) in [6, 6.07) is 22.8. The maximum absolute atomic E-state index is 13.5. The molecular formula is C29H27ClN4O6S. The molecule has 2 N–H and O–H groups in total. The zero-order valence-corrected chi connectivity index (χ0v) is 23.6. The highest BCUT2D eigenvalue weighted by molar-refractivity contribution is 7.92. The molecular weight excluding hydrogens is 568 g/mol. The van der Waals surface area contributed by atoms with Crippen molar-refractivity contribution in [3.05, 3.63) is 113 Å². The van der Waals surface area contributed by atoms with Gasteiger partial charge in [-0.1, -0.05) is 35.9 Å². The lowest BCUT2D eigenvalue weighted by atomic mass is 10.2. The van der Waals surface area contributed by atoms with E-state index in [1.165, 1.54) is 30.7 Å². The number of nitrogens with zero attached hydrogens (tertiary/aromatic N) is 2. The van der Waals surface area contributed by atoms with Crippen molar-refractivity contribution in [2.45, 2.75) is 18.4 Å². The molecule has 4 rings (SSSR count). The fourth-order valence-electron chi connectivity index (χ4n) is 3.66. The molecule has 0 saturated carbocycles. The largest absolute Gasteiger partial charge is 0.484 e. The van der Waals surface area contributed by atoms with Crippen LogP contribution in [-0.2, 0) is 26.2 Å². The first-order valence-corrected chi connectivity index (χ1v) is 14.2. The highest BCUT2D eigenvalue weighted by Crippen LogP contribution is 2.29. The van der Waals surface area contributed by atoms with Gasteiger partial charge in [-0.25, -0.2) is 13.8 Å². The van der Waals surface area contributed by atoms with Crippen LogP contribution in [0.25, 0.3) is 0 Å². The molecule has 0 radical (unpaired) electrons. The van der Waals surface area contributed by atoms with Gasteiger partial charge in [0.05, 0.1) is 29.6 Å². The van der Waals surface area contributed by atoms with E-state index in [9.17, 15) is 18.0 Å². The average Bonchev–Trinajstić information content (AvgIpc) is 3.50. The fraction of sp³-hybridized carbons (Fsp3) is 0.138. The molecule has 0 aliphatic carbocycles. The zero-order chi connectivity index (χ0) is 29.2. The maximum Gasteiger partial charge on any atom is 0.264 e. The lowest BCUT2D eigenvalue weighted by Gasteiger charge is -2.25. The number of rotatable bonds is 12. The summed E-state index contributed by atoms with van der Waals surface area (Å²) in [7, 11) is -4.08. The van der Waals surface area contributed by atoms with Crippen molar-refractivity contribution in [3.63, 3.8) is 0 Å². The predicted molar refractivity (Wildman–Crippen MR) is 155 cm³/mol. The molecule has 212 valence electrons. The smallest absolute Gasteiger partial charge is 0.264 e. The second-order valence-electron chi connectivity index (χ2n) is 8.76. The summed E-state index contributed by atoms with van der Waals surface area (Å²) < 4.78 is 38.6. The van der Waals surface area contributed by atoms with Gasteiger partial charge in [0.1, 0.15) is 18.1 Å². The van der Waals surface area contributed by atoms with Gasteiger partial charge in [0.15, 0.2) is 6.61 Å².